The highest BCUT2D eigenvalue weighted by atomic mass is 16.6. The maximum atomic E-state index is 12.9. The minimum atomic E-state index is -0.595. The van der Waals surface area contributed by atoms with Crippen LogP contribution in [0.1, 0.15) is 24.8 Å². The lowest BCUT2D eigenvalue weighted by Crippen LogP contribution is -2.43. The number of hydrogen-bond donors (Lipinski definition) is 1. The van der Waals surface area contributed by atoms with Gasteiger partial charge in [0.1, 0.15) is 36.2 Å². The van der Waals surface area contributed by atoms with Crippen molar-refractivity contribution in [1.82, 2.24) is 0 Å². The number of nitro benzene ring substituents is 1. The Bertz CT molecular complexity index is 1140. The number of methoxy groups -OCH3 is 1. The van der Waals surface area contributed by atoms with E-state index in [-0.39, 0.29) is 47.6 Å². The maximum absolute atomic E-state index is 12.9. The van der Waals surface area contributed by atoms with Gasteiger partial charge in [-0.2, -0.15) is 0 Å². The molecule has 3 atom stereocenters. The smallest absolute Gasteiger partial charge is 0.296 e. The zero-order valence-corrected chi connectivity index (χ0v) is 19.4. The fourth-order valence-electron chi connectivity index (χ4n) is 4.17. The molecule has 0 saturated heterocycles. The highest BCUT2D eigenvalue weighted by Gasteiger charge is 2.41. The van der Waals surface area contributed by atoms with Crippen molar-refractivity contribution in [3.8, 4) is 11.5 Å². The topological polar surface area (TPSA) is 126 Å². The van der Waals surface area contributed by atoms with Gasteiger partial charge in [0.25, 0.3) is 11.6 Å². The molecule has 10 heteroatoms. The van der Waals surface area contributed by atoms with Crippen molar-refractivity contribution in [2.75, 3.05) is 19.0 Å². The summed E-state index contributed by atoms with van der Waals surface area (Å²) >= 11 is 0. The van der Waals surface area contributed by atoms with Crippen LogP contribution in [0.2, 0.25) is 0 Å². The number of anilines is 1. The minimum Gasteiger partial charge on any atom is -0.496 e. The highest BCUT2D eigenvalue weighted by Crippen LogP contribution is 2.35. The van der Waals surface area contributed by atoms with Gasteiger partial charge in [-0.1, -0.05) is 17.7 Å². The molecule has 0 radical (unpaired) electrons. The summed E-state index contributed by atoms with van der Waals surface area (Å²) in [5, 5.41) is 13.8. The van der Waals surface area contributed by atoms with Crippen LogP contribution in [0.4, 0.5) is 11.4 Å². The summed E-state index contributed by atoms with van der Waals surface area (Å²) in [6.07, 6.45) is 2.26. The number of allylic oxidation sites excluding steroid dienone is 1. The van der Waals surface area contributed by atoms with Crippen LogP contribution in [0.15, 0.2) is 54.5 Å². The first-order chi connectivity index (χ1) is 16.8. The van der Waals surface area contributed by atoms with Crippen LogP contribution in [0, 0.1) is 23.0 Å². The molecule has 35 heavy (non-hydrogen) atoms. The molecule has 1 fully saturated rings. The molecule has 0 bridgehead atoms. The summed E-state index contributed by atoms with van der Waals surface area (Å²) in [5.41, 5.74) is 0.871. The molecule has 1 aliphatic heterocycles. The molecule has 2 aromatic carbocycles. The van der Waals surface area contributed by atoms with E-state index in [1.54, 1.807) is 12.1 Å². The van der Waals surface area contributed by atoms with Crippen molar-refractivity contribution in [1.29, 1.82) is 0 Å². The molecule has 0 spiro atoms. The van der Waals surface area contributed by atoms with E-state index >= 15 is 0 Å². The van der Waals surface area contributed by atoms with Crippen LogP contribution >= 0.6 is 0 Å². The highest BCUT2D eigenvalue weighted by molar-refractivity contribution is 5.96. The van der Waals surface area contributed by atoms with Crippen molar-refractivity contribution in [2.45, 2.75) is 38.4 Å². The summed E-state index contributed by atoms with van der Waals surface area (Å²) in [5.74, 6) is 0.0918. The van der Waals surface area contributed by atoms with Crippen LogP contribution in [-0.2, 0) is 19.1 Å². The summed E-state index contributed by atoms with van der Waals surface area (Å²) in [7, 11) is 1.40. The third-order valence-corrected chi connectivity index (χ3v) is 6.05. The largest absolute Gasteiger partial charge is 0.496 e. The number of nitro groups is 1. The number of rotatable bonds is 8. The summed E-state index contributed by atoms with van der Waals surface area (Å²) in [6, 6.07) is 11.6. The van der Waals surface area contributed by atoms with Gasteiger partial charge in [0.15, 0.2) is 0 Å². The predicted molar refractivity (Wildman–Crippen MR) is 125 cm³/mol. The lowest BCUT2D eigenvalue weighted by atomic mass is 9.80. The van der Waals surface area contributed by atoms with Crippen LogP contribution < -0.4 is 14.8 Å². The zero-order valence-electron chi connectivity index (χ0n) is 19.4. The van der Waals surface area contributed by atoms with Crippen LogP contribution in [0.3, 0.4) is 0 Å². The summed E-state index contributed by atoms with van der Waals surface area (Å²) in [4.78, 5) is 35.9. The normalized spacial score (nSPS) is 21.3. The van der Waals surface area contributed by atoms with Crippen molar-refractivity contribution >= 4 is 23.1 Å². The van der Waals surface area contributed by atoms with Crippen LogP contribution in [0.25, 0.3) is 0 Å². The Morgan fingerprint density at radius 3 is 2.63 bits per heavy atom. The second-order valence-corrected chi connectivity index (χ2v) is 8.48. The van der Waals surface area contributed by atoms with Gasteiger partial charge < -0.3 is 24.3 Å². The Kier molecular flexibility index (Phi) is 7.31. The van der Waals surface area contributed by atoms with Crippen LogP contribution in [-0.4, -0.2) is 42.5 Å². The lowest BCUT2D eigenvalue weighted by molar-refractivity contribution is -0.384. The van der Waals surface area contributed by atoms with Crippen LogP contribution in [0.5, 0.6) is 11.5 Å². The van der Waals surface area contributed by atoms with Gasteiger partial charge >= 0.3 is 0 Å². The molecule has 2 aromatic rings. The standard InChI is InChI=1S/C25H26N2O8/c1-15-3-5-16(6-4-15)35-23-13-34-22-12-18(7-9-19(22)25(23)29)33-14-24(28)26-20-10-8-17(32-2)11-21(20)27(30)31/h3-6,8,10-11,13,18-19,22H,7,9,12,14H2,1-2H3,(H,26,28). The second kappa shape index (κ2) is 10.6. The molecule has 2 aliphatic rings. The molecular weight excluding hydrogens is 456 g/mol. The van der Waals surface area contributed by atoms with Gasteiger partial charge in [-0.3, -0.25) is 19.7 Å². The first kappa shape index (κ1) is 24.2. The predicted octanol–water partition coefficient (Wildman–Crippen LogP) is 3.92. The van der Waals surface area contributed by atoms with Gasteiger partial charge in [0.05, 0.1) is 30.1 Å². The first-order valence-electron chi connectivity index (χ1n) is 11.2. The molecule has 0 aromatic heterocycles. The average molecular weight is 482 g/mol. The van der Waals surface area contributed by atoms with E-state index < -0.39 is 10.8 Å². The van der Waals surface area contributed by atoms with E-state index in [9.17, 15) is 19.7 Å². The van der Waals surface area contributed by atoms with E-state index in [1.165, 1.54) is 31.6 Å². The molecule has 1 saturated carbocycles. The SMILES string of the molecule is COc1ccc(NC(=O)COC2CCC3C(=O)C(Oc4ccc(C)cc4)=COC3C2)c([N+](=O)[O-])c1. The zero-order chi connectivity index (χ0) is 24.9. The van der Waals surface area contributed by atoms with Gasteiger partial charge in [0.2, 0.25) is 11.5 Å². The fraction of sp³-hybridized carbons (Fsp3) is 0.360. The van der Waals surface area contributed by atoms with E-state index in [0.717, 1.165) is 5.56 Å². The van der Waals surface area contributed by atoms with E-state index in [1.807, 2.05) is 19.1 Å². The molecule has 1 aliphatic carbocycles. The molecule has 1 heterocycles. The molecule has 1 amide bonds. The number of aryl methyl sites for hydroxylation is 1. The first-order valence-corrected chi connectivity index (χ1v) is 11.2. The molecule has 3 unspecified atom stereocenters. The number of hydrogen-bond acceptors (Lipinski definition) is 8. The number of carbonyl (C=O) groups excluding carboxylic acids is 2. The van der Waals surface area contributed by atoms with E-state index in [4.69, 9.17) is 18.9 Å². The van der Waals surface area contributed by atoms with Crippen molar-refractivity contribution in [2.24, 2.45) is 5.92 Å². The minimum absolute atomic E-state index is 0.0561. The average Bonchev–Trinajstić information content (AvgIpc) is 2.86. The number of carbonyl (C=O) groups is 2. The Balaban J connectivity index is 1.30. The van der Waals surface area contributed by atoms with Gasteiger partial charge in [0, 0.05) is 6.42 Å². The number of Topliss-reactive ketones (excluding diaryl/α,β-unsaturated/α-hetero) is 1. The third kappa shape index (κ3) is 5.78. The summed E-state index contributed by atoms with van der Waals surface area (Å²) < 4.78 is 22.2. The quantitative estimate of drug-likeness (QED) is 0.443. The molecule has 4 rings (SSSR count). The molecule has 10 nitrogen and oxygen atoms in total. The van der Waals surface area contributed by atoms with E-state index in [0.29, 0.717) is 30.8 Å². The number of benzene rings is 2. The van der Waals surface area contributed by atoms with E-state index in [2.05, 4.69) is 5.32 Å². The number of nitrogens with one attached hydrogen (secondary N) is 1. The van der Waals surface area contributed by atoms with Gasteiger partial charge in [-0.25, -0.2) is 0 Å². The molecule has 1 N–H and O–H groups in total. The third-order valence-electron chi connectivity index (χ3n) is 6.05. The van der Waals surface area contributed by atoms with Crippen molar-refractivity contribution < 1.29 is 33.5 Å². The number of nitrogens with zero attached hydrogens (tertiary/aromatic N) is 1. The number of ketones is 1. The van der Waals surface area contributed by atoms with Crippen molar-refractivity contribution in [3.05, 3.63) is 70.2 Å². The van der Waals surface area contributed by atoms with Crippen molar-refractivity contribution in [3.63, 3.8) is 0 Å². The number of fused-ring (bicyclic) bond motifs is 1. The summed E-state index contributed by atoms with van der Waals surface area (Å²) in [6.45, 7) is 1.69. The fourth-order valence-corrected chi connectivity index (χ4v) is 4.17. The Hall–Kier alpha value is -3.92. The Morgan fingerprint density at radius 2 is 1.91 bits per heavy atom. The van der Waals surface area contributed by atoms with Gasteiger partial charge in [-0.15, -0.1) is 0 Å². The lowest BCUT2D eigenvalue weighted by Gasteiger charge is -2.37. The monoisotopic (exact) mass is 482 g/mol. The van der Waals surface area contributed by atoms with Gasteiger partial charge in [-0.05, 0) is 44.0 Å². The maximum Gasteiger partial charge on any atom is 0.296 e. The Labute approximate surface area is 202 Å². The Morgan fingerprint density at radius 1 is 1.17 bits per heavy atom. The number of amides is 1. The molecule has 184 valence electrons. The second-order valence-electron chi connectivity index (χ2n) is 8.48. The molecular formula is C25H26N2O8. The number of ether oxygens (including phenoxy) is 4.